The zero-order valence-corrected chi connectivity index (χ0v) is 11.6. The van der Waals surface area contributed by atoms with Crippen molar-refractivity contribution in [2.24, 2.45) is 7.05 Å². The molecular formula is C12H11ClN4O4. The number of rotatable bonds is 5. The number of hydrogen-bond donors (Lipinski definition) is 2. The van der Waals surface area contributed by atoms with Crippen molar-refractivity contribution in [2.75, 3.05) is 5.32 Å². The van der Waals surface area contributed by atoms with Gasteiger partial charge in [-0.15, -0.1) is 0 Å². The molecule has 1 unspecified atom stereocenters. The first-order valence-electron chi connectivity index (χ1n) is 5.81. The summed E-state index contributed by atoms with van der Waals surface area (Å²) in [6.45, 7) is 0. The number of nitrogens with one attached hydrogen (secondary N) is 1. The summed E-state index contributed by atoms with van der Waals surface area (Å²) in [6.07, 6.45) is 2.89. The maximum absolute atomic E-state index is 11.4. The van der Waals surface area contributed by atoms with Crippen LogP contribution in [0.3, 0.4) is 0 Å². The molecule has 21 heavy (non-hydrogen) atoms. The molecule has 2 rings (SSSR count). The van der Waals surface area contributed by atoms with Gasteiger partial charge in [0, 0.05) is 18.8 Å². The van der Waals surface area contributed by atoms with Gasteiger partial charge in [-0.3, -0.25) is 14.8 Å². The molecule has 110 valence electrons. The van der Waals surface area contributed by atoms with Gasteiger partial charge in [0.25, 0.3) is 0 Å². The van der Waals surface area contributed by atoms with Crippen LogP contribution < -0.4 is 5.32 Å². The topological polar surface area (TPSA) is 110 Å². The fourth-order valence-corrected chi connectivity index (χ4v) is 2.09. The van der Waals surface area contributed by atoms with Crippen LogP contribution in [0.2, 0.25) is 5.02 Å². The Balaban J connectivity index is 2.41. The number of aromatic nitrogens is 2. The number of carboxylic acids is 1. The first kappa shape index (κ1) is 14.8. The van der Waals surface area contributed by atoms with Gasteiger partial charge in [0.15, 0.2) is 6.04 Å². The second kappa shape index (κ2) is 5.80. The summed E-state index contributed by atoms with van der Waals surface area (Å²) >= 11 is 5.79. The zero-order chi connectivity index (χ0) is 15.6. The fraction of sp³-hybridized carbons (Fsp3) is 0.167. The normalized spacial score (nSPS) is 11.9. The Kier molecular flexibility index (Phi) is 4.08. The molecule has 1 aromatic heterocycles. The Morgan fingerprint density at radius 1 is 1.57 bits per heavy atom. The largest absolute Gasteiger partial charge is 0.479 e. The number of benzene rings is 1. The Labute approximate surface area is 124 Å². The molecule has 0 aliphatic rings. The van der Waals surface area contributed by atoms with Crippen LogP contribution in [0.15, 0.2) is 30.6 Å². The highest BCUT2D eigenvalue weighted by atomic mass is 35.5. The molecule has 1 heterocycles. The number of hydrogen-bond acceptors (Lipinski definition) is 5. The number of nitro groups is 1. The molecule has 0 bridgehead atoms. The van der Waals surface area contributed by atoms with Gasteiger partial charge in [-0.2, -0.15) is 5.10 Å². The van der Waals surface area contributed by atoms with Crippen molar-refractivity contribution >= 4 is 28.9 Å². The third-order valence-corrected chi connectivity index (χ3v) is 3.08. The Hall–Kier alpha value is -2.61. The first-order chi connectivity index (χ1) is 9.90. The van der Waals surface area contributed by atoms with Crippen molar-refractivity contribution in [3.63, 3.8) is 0 Å². The molecule has 0 fully saturated rings. The Morgan fingerprint density at radius 3 is 2.81 bits per heavy atom. The van der Waals surface area contributed by atoms with Crippen LogP contribution in [0.4, 0.5) is 11.4 Å². The van der Waals surface area contributed by atoms with Crippen LogP contribution in [0.1, 0.15) is 11.6 Å². The van der Waals surface area contributed by atoms with Crippen LogP contribution in [0.5, 0.6) is 0 Å². The number of aliphatic carboxylic acids is 1. The van der Waals surface area contributed by atoms with Crippen LogP contribution in [-0.2, 0) is 11.8 Å². The van der Waals surface area contributed by atoms with Gasteiger partial charge < -0.3 is 10.4 Å². The highest BCUT2D eigenvalue weighted by Crippen LogP contribution is 2.34. The number of halogens is 1. The molecule has 2 aromatic rings. The SMILES string of the molecule is Cn1cc(C(Nc2cccc(Cl)c2[N+](=O)[O-])C(=O)O)cn1. The van der Waals surface area contributed by atoms with Gasteiger partial charge in [-0.25, -0.2) is 4.79 Å². The van der Waals surface area contributed by atoms with Gasteiger partial charge in [0.1, 0.15) is 10.7 Å². The number of carboxylic acid groups (broad SMARTS) is 1. The summed E-state index contributed by atoms with van der Waals surface area (Å²) in [5.41, 5.74) is 0.0392. The molecule has 0 aliphatic heterocycles. The van der Waals surface area contributed by atoms with E-state index in [-0.39, 0.29) is 16.4 Å². The van der Waals surface area contributed by atoms with Crippen LogP contribution >= 0.6 is 11.6 Å². The standard InChI is InChI=1S/C12H11ClN4O4/c1-16-6-7(5-14-16)10(12(18)19)15-9-4-2-3-8(13)11(9)17(20)21/h2-6,10,15H,1H3,(H,18,19). The second-order valence-corrected chi connectivity index (χ2v) is 4.66. The molecular weight excluding hydrogens is 300 g/mol. The Bertz CT molecular complexity index is 700. The van der Waals surface area contributed by atoms with Crippen LogP contribution in [-0.4, -0.2) is 25.8 Å². The number of carbonyl (C=O) groups is 1. The Morgan fingerprint density at radius 2 is 2.29 bits per heavy atom. The smallest absolute Gasteiger partial charge is 0.330 e. The molecule has 0 amide bonds. The van der Waals surface area contributed by atoms with Crippen molar-refractivity contribution < 1.29 is 14.8 Å². The zero-order valence-electron chi connectivity index (χ0n) is 10.9. The number of aryl methyl sites for hydroxylation is 1. The summed E-state index contributed by atoms with van der Waals surface area (Å²) in [5.74, 6) is -1.18. The van der Waals surface area contributed by atoms with E-state index in [1.165, 1.54) is 35.3 Å². The summed E-state index contributed by atoms with van der Waals surface area (Å²) in [5, 5.41) is 26.8. The summed E-state index contributed by atoms with van der Waals surface area (Å²) < 4.78 is 1.44. The van der Waals surface area contributed by atoms with Crippen LogP contribution in [0.25, 0.3) is 0 Å². The molecule has 9 heteroatoms. The molecule has 0 saturated carbocycles. The van der Waals surface area contributed by atoms with Gasteiger partial charge in [0.05, 0.1) is 11.1 Å². The lowest BCUT2D eigenvalue weighted by molar-refractivity contribution is -0.383. The van der Waals surface area contributed by atoms with E-state index >= 15 is 0 Å². The highest BCUT2D eigenvalue weighted by Gasteiger charge is 2.26. The average molecular weight is 311 g/mol. The molecule has 1 aromatic carbocycles. The third-order valence-electron chi connectivity index (χ3n) is 2.77. The van der Waals surface area contributed by atoms with E-state index in [1.54, 1.807) is 7.05 Å². The number of nitro benzene ring substituents is 1. The number of nitrogens with zero attached hydrogens (tertiary/aromatic N) is 3. The lowest BCUT2D eigenvalue weighted by Crippen LogP contribution is -2.20. The molecule has 0 saturated heterocycles. The van der Waals surface area contributed by atoms with Gasteiger partial charge in [-0.05, 0) is 12.1 Å². The second-order valence-electron chi connectivity index (χ2n) is 4.26. The quantitative estimate of drug-likeness (QED) is 0.647. The van der Waals surface area contributed by atoms with Crippen LogP contribution in [0, 0.1) is 10.1 Å². The van der Waals surface area contributed by atoms with Crippen molar-refractivity contribution in [1.29, 1.82) is 0 Å². The predicted octanol–water partition coefficient (Wildman–Crippen LogP) is 2.22. The number of para-hydroxylation sites is 1. The summed E-state index contributed by atoms with van der Waals surface area (Å²) in [7, 11) is 1.64. The minimum absolute atomic E-state index is 0.0313. The molecule has 0 aliphatic carbocycles. The van der Waals surface area contributed by atoms with Crippen molar-refractivity contribution in [2.45, 2.75) is 6.04 Å². The van der Waals surface area contributed by atoms with Crippen molar-refractivity contribution in [1.82, 2.24) is 9.78 Å². The minimum Gasteiger partial charge on any atom is -0.479 e. The number of anilines is 1. The molecule has 0 spiro atoms. The summed E-state index contributed by atoms with van der Waals surface area (Å²) in [6, 6.07) is 3.09. The molecule has 1 atom stereocenters. The fourth-order valence-electron chi connectivity index (χ4n) is 1.85. The van der Waals surface area contributed by atoms with E-state index in [0.717, 1.165) is 0 Å². The monoisotopic (exact) mass is 310 g/mol. The summed E-state index contributed by atoms with van der Waals surface area (Å²) in [4.78, 5) is 21.8. The maximum Gasteiger partial charge on any atom is 0.330 e. The third kappa shape index (κ3) is 3.11. The maximum atomic E-state index is 11.4. The van der Waals surface area contributed by atoms with E-state index in [4.69, 9.17) is 11.6 Å². The average Bonchev–Trinajstić information content (AvgIpc) is 2.81. The van der Waals surface area contributed by atoms with E-state index in [0.29, 0.717) is 5.56 Å². The van der Waals surface area contributed by atoms with E-state index in [9.17, 15) is 20.0 Å². The first-order valence-corrected chi connectivity index (χ1v) is 6.18. The highest BCUT2D eigenvalue weighted by molar-refractivity contribution is 6.33. The van der Waals surface area contributed by atoms with Gasteiger partial charge in [0.2, 0.25) is 0 Å². The molecule has 0 radical (unpaired) electrons. The minimum atomic E-state index is -1.18. The lowest BCUT2D eigenvalue weighted by atomic mass is 10.1. The van der Waals surface area contributed by atoms with E-state index in [2.05, 4.69) is 10.4 Å². The molecule has 8 nitrogen and oxygen atoms in total. The van der Waals surface area contributed by atoms with Crippen molar-refractivity contribution in [3.8, 4) is 0 Å². The van der Waals surface area contributed by atoms with Gasteiger partial charge >= 0.3 is 11.7 Å². The van der Waals surface area contributed by atoms with Gasteiger partial charge in [-0.1, -0.05) is 17.7 Å². The predicted molar refractivity (Wildman–Crippen MR) is 75.3 cm³/mol. The van der Waals surface area contributed by atoms with Crippen molar-refractivity contribution in [3.05, 3.63) is 51.3 Å². The molecule has 2 N–H and O–H groups in total. The van der Waals surface area contributed by atoms with E-state index < -0.39 is 16.9 Å². The van der Waals surface area contributed by atoms with E-state index in [1.807, 2.05) is 0 Å². The lowest BCUT2D eigenvalue weighted by Gasteiger charge is -2.14.